The first-order valence-corrected chi connectivity index (χ1v) is 4.87. The summed E-state index contributed by atoms with van der Waals surface area (Å²) >= 11 is 0. The third-order valence-electron chi connectivity index (χ3n) is 2.70. The fraction of sp³-hybridized carbons (Fsp3) is 0.455. The molecule has 0 aromatic heterocycles. The van der Waals surface area contributed by atoms with Gasteiger partial charge in [0.2, 0.25) is 0 Å². The van der Waals surface area contributed by atoms with Gasteiger partial charge in [0.05, 0.1) is 5.60 Å². The van der Waals surface area contributed by atoms with E-state index in [1.54, 1.807) is 12.1 Å². The van der Waals surface area contributed by atoms with Gasteiger partial charge < -0.3 is 9.47 Å². The van der Waals surface area contributed by atoms with E-state index in [9.17, 15) is 13.2 Å². The molecule has 1 aliphatic carbocycles. The molecule has 0 bridgehead atoms. The first-order valence-electron chi connectivity index (χ1n) is 4.87. The standard InChI is InChI=1S/C11H11F3O2/c1-15-10(6-7-10)8-4-2-3-5-9(8)16-11(12,13)14/h2-5H,6-7H2,1H3. The first kappa shape index (κ1) is 11.3. The summed E-state index contributed by atoms with van der Waals surface area (Å²) in [6, 6.07) is 6.10. The summed E-state index contributed by atoms with van der Waals surface area (Å²) in [7, 11) is 1.50. The Labute approximate surface area is 91.0 Å². The van der Waals surface area contributed by atoms with Crippen LogP contribution < -0.4 is 4.74 Å². The van der Waals surface area contributed by atoms with Gasteiger partial charge in [0.25, 0.3) is 0 Å². The van der Waals surface area contributed by atoms with E-state index in [0.717, 1.165) is 12.8 Å². The van der Waals surface area contributed by atoms with E-state index in [0.29, 0.717) is 5.56 Å². The fourth-order valence-electron chi connectivity index (χ4n) is 1.75. The van der Waals surface area contributed by atoms with E-state index in [1.165, 1.54) is 19.2 Å². The van der Waals surface area contributed by atoms with Crippen LogP contribution in [0, 0.1) is 0 Å². The molecule has 1 saturated carbocycles. The van der Waals surface area contributed by atoms with E-state index in [-0.39, 0.29) is 5.75 Å². The number of ether oxygens (including phenoxy) is 2. The average molecular weight is 232 g/mol. The van der Waals surface area contributed by atoms with Crippen molar-refractivity contribution in [3.8, 4) is 5.75 Å². The molecule has 2 rings (SSSR count). The van der Waals surface area contributed by atoms with Gasteiger partial charge in [0.15, 0.2) is 0 Å². The van der Waals surface area contributed by atoms with Crippen LogP contribution in [0.3, 0.4) is 0 Å². The van der Waals surface area contributed by atoms with Crippen molar-refractivity contribution in [3.05, 3.63) is 29.8 Å². The van der Waals surface area contributed by atoms with Gasteiger partial charge in [-0.1, -0.05) is 18.2 Å². The van der Waals surface area contributed by atoms with Crippen LogP contribution in [0.25, 0.3) is 0 Å². The Kier molecular flexibility index (Phi) is 2.58. The van der Waals surface area contributed by atoms with Crippen molar-refractivity contribution < 1.29 is 22.6 Å². The lowest BCUT2D eigenvalue weighted by molar-refractivity contribution is -0.275. The van der Waals surface area contributed by atoms with Crippen molar-refractivity contribution in [3.63, 3.8) is 0 Å². The first-order chi connectivity index (χ1) is 7.47. The number of alkyl halides is 3. The quantitative estimate of drug-likeness (QED) is 0.796. The van der Waals surface area contributed by atoms with Crippen LogP contribution in [0.4, 0.5) is 13.2 Å². The van der Waals surface area contributed by atoms with Crippen LogP contribution in [0.2, 0.25) is 0 Å². The van der Waals surface area contributed by atoms with Gasteiger partial charge >= 0.3 is 6.36 Å². The highest BCUT2D eigenvalue weighted by molar-refractivity contribution is 5.41. The van der Waals surface area contributed by atoms with Gasteiger partial charge in [-0.25, -0.2) is 0 Å². The zero-order valence-electron chi connectivity index (χ0n) is 8.67. The largest absolute Gasteiger partial charge is 0.573 e. The Morgan fingerprint density at radius 2 is 1.81 bits per heavy atom. The third kappa shape index (κ3) is 2.14. The molecule has 2 nitrogen and oxygen atoms in total. The fourth-order valence-corrected chi connectivity index (χ4v) is 1.75. The summed E-state index contributed by atoms with van der Waals surface area (Å²) in [4.78, 5) is 0. The summed E-state index contributed by atoms with van der Waals surface area (Å²) in [5.41, 5.74) is -0.114. The molecule has 0 amide bonds. The Bertz CT molecular complexity index is 383. The summed E-state index contributed by atoms with van der Waals surface area (Å²) in [5.74, 6) is -0.172. The molecule has 0 unspecified atom stereocenters. The number of para-hydroxylation sites is 1. The lowest BCUT2D eigenvalue weighted by Gasteiger charge is -2.19. The van der Waals surface area contributed by atoms with E-state index < -0.39 is 12.0 Å². The van der Waals surface area contributed by atoms with Crippen LogP contribution >= 0.6 is 0 Å². The smallest absolute Gasteiger partial charge is 0.405 e. The molecule has 0 N–H and O–H groups in total. The SMILES string of the molecule is COC1(c2ccccc2OC(F)(F)F)CC1. The minimum absolute atomic E-state index is 0.172. The molecule has 0 heterocycles. The third-order valence-corrected chi connectivity index (χ3v) is 2.70. The molecular formula is C11H11F3O2. The minimum Gasteiger partial charge on any atom is -0.405 e. The molecule has 0 saturated heterocycles. The maximum Gasteiger partial charge on any atom is 0.573 e. The zero-order valence-corrected chi connectivity index (χ0v) is 8.67. The van der Waals surface area contributed by atoms with Gasteiger partial charge in [0.1, 0.15) is 5.75 Å². The number of methoxy groups -OCH3 is 1. The lowest BCUT2D eigenvalue weighted by Crippen LogP contribution is -2.20. The van der Waals surface area contributed by atoms with Crippen molar-refractivity contribution in [2.24, 2.45) is 0 Å². The molecular weight excluding hydrogens is 221 g/mol. The van der Waals surface area contributed by atoms with E-state index in [4.69, 9.17) is 4.74 Å². The molecule has 1 aromatic rings. The molecule has 5 heteroatoms. The van der Waals surface area contributed by atoms with E-state index in [2.05, 4.69) is 4.74 Å². The Hall–Kier alpha value is -1.23. The molecule has 0 atom stereocenters. The molecule has 88 valence electrons. The monoisotopic (exact) mass is 232 g/mol. The number of benzene rings is 1. The van der Waals surface area contributed by atoms with Crippen LogP contribution in [0.1, 0.15) is 18.4 Å². The van der Waals surface area contributed by atoms with Crippen LogP contribution in [0.5, 0.6) is 5.75 Å². The second kappa shape index (κ2) is 3.66. The Balaban J connectivity index is 2.32. The number of hydrogen-bond acceptors (Lipinski definition) is 2. The Morgan fingerprint density at radius 3 is 2.31 bits per heavy atom. The van der Waals surface area contributed by atoms with Gasteiger partial charge in [-0.05, 0) is 18.9 Å². The van der Waals surface area contributed by atoms with Crippen LogP contribution in [-0.2, 0) is 10.3 Å². The maximum absolute atomic E-state index is 12.2. The molecule has 0 radical (unpaired) electrons. The number of rotatable bonds is 3. The zero-order chi connectivity index (χ0) is 11.8. The van der Waals surface area contributed by atoms with Crippen molar-refractivity contribution in [2.45, 2.75) is 24.8 Å². The molecule has 1 aliphatic rings. The normalized spacial score (nSPS) is 18.2. The topological polar surface area (TPSA) is 18.5 Å². The summed E-state index contributed by atoms with van der Waals surface area (Å²) in [6.45, 7) is 0. The second-order valence-corrected chi connectivity index (χ2v) is 3.74. The summed E-state index contributed by atoms with van der Waals surface area (Å²) in [6.07, 6.45) is -3.22. The van der Waals surface area contributed by atoms with Gasteiger partial charge in [0, 0.05) is 12.7 Å². The lowest BCUT2D eigenvalue weighted by atomic mass is 10.1. The minimum atomic E-state index is -4.67. The Morgan fingerprint density at radius 1 is 1.19 bits per heavy atom. The van der Waals surface area contributed by atoms with Gasteiger partial charge in [-0.2, -0.15) is 0 Å². The van der Waals surface area contributed by atoms with E-state index in [1.807, 2.05) is 0 Å². The van der Waals surface area contributed by atoms with Crippen LogP contribution in [0.15, 0.2) is 24.3 Å². The summed E-state index contributed by atoms with van der Waals surface area (Å²) in [5, 5.41) is 0. The van der Waals surface area contributed by atoms with Crippen molar-refractivity contribution >= 4 is 0 Å². The van der Waals surface area contributed by atoms with Gasteiger partial charge in [-0.3, -0.25) is 0 Å². The highest BCUT2D eigenvalue weighted by Crippen LogP contribution is 2.52. The van der Waals surface area contributed by atoms with Gasteiger partial charge in [-0.15, -0.1) is 13.2 Å². The van der Waals surface area contributed by atoms with Crippen molar-refractivity contribution in [2.75, 3.05) is 7.11 Å². The van der Waals surface area contributed by atoms with Crippen LogP contribution in [-0.4, -0.2) is 13.5 Å². The molecule has 0 spiro atoms. The predicted octanol–water partition coefficient (Wildman–Crippen LogP) is 3.22. The molecule has 0 aliphatic heterocycles. The second-order valence-electron chi connectivity index (χ2n) is 3.74. The molecule has 16 heavy (non-hydrogen) atoms. The molecule has 1 fully saturated rings. The molecule has 1 aromatic carbocycles. The predicted molar refractivity (Wildman–Crippen MR) is 51.0 cm³/mol. The highest BCUT2D eigenvalue weighted by atomic mass is 19.4. The van der Waals surface area contributed by atoms with Crippen molar-refractivity contribution in [1.82, 2.24) is 0 Å². The van der Waals surface area contributed by atoms with E-state index >= 15 is 0 Å². The average Bonchev–Trinajstić information content (AvgIpc) is 2.97. The maximum atomic E-state index is 12.2. The number of hydrogen-bond donors (Lipinski definition) is 0. The number of halogens is 3. The summed E-state index contributed by atoms with van der Waals surface area (Å²) < 4.78 is 45.7. The van der Waals surface area contributed by atoms with Crippen molar-refractivity contribution in [1.29, 1.82) is 0 Å². The highest BCUT2D eigenvalue weighted by Gasteiger charge is 2.47.